The van der Waals surface area contributed by atoms with Crippen molar-refractivity contribution >= 4 is 17.5 Å². The van der Waals surface area contributed by atoms with E-state index in [0.29, 0.717) is 43.6 Å². The van der Waals surface area contributed by atoms with Crippen molar-refractivity contribution in [2.75, 3.05) is 50.2 Å². The third-order valence-electron chi connectivity index (χ3n) is 8.14. The van der Waals surface area contributed by atoms with Gasteiger partial charge in [-0.1, -0.05) is 5.10 Å². The lowest BCUT2D eigenvalue weighted by atomic mass is 9.85. The Bertz CT molecular complexity index is 1460. The van der Waals surface area contributed by atoms with Crippen LogP contribution >= 0.6 is 0 Å². The standard InChI is InChI=1S/C28H39N9O4/c1-18(17-39-4)31-26-29-15-24-22(13-23(37(24)34-26)19-5-7-21(38)8-6-19)20-14-30-36(16-20)28(2,3)25-32-33-27(41-25)35-9-11-40-12-10-35/h13-16,18-19,21,38H,5-12,17H2,1-4H3,(H,31,34)/t18-,19?,21?/m0/s1. The molecule has 4 aromatic heterocycles. The van der Waals surface area contributed by atoms with Crippen molar-refractivity contribution in [2.24, 2.45) is 0 Å². The highest BCUT2D eigenvalue weighted by atomic mass is 16.5. The average molecular weight is 566 g/mol. The first-order valence-corrected chi connectivity index (χ1v) is 14.4. The van der Waals surface area contributed by atoms with Crippen LogP contribution in [0, 0.1) is 0 Å². The highest BCUT2D eigenvalue weighted by Gasteiger charge is 2.33. The van der Waals surface area contributed by atoms with Gasteiger partial charge in [0.1, 0.15) is 5.54 Å². The molecule has 2 N–H and O–H groups in total. The number of aliphatic hydroxyl groups excluding tert-OH is 1. The molecule has 13 heteroatoms. The van der Waals surface area contributed by atoms with Crippen molar-refractivity contribution in [3.8, 4) is 11.1 Å². The molecule has 41 heavy (non-hydrogen) atoms. The summed E-state index contributed by atoms with van der Waals surface area (Å²) in [6.07, 6.45) is 8.90. The minimum Gasteiger partial charge on any atom is -0.405 e. The molecule has 1 aliphatic carbocycles. The van der Waals surface area contributed by atoms with Crippen molar-refractivity contribution in [3.05, 3.63) is 36.2 Å². The fourth-order valence-electron chi connectivity index (χ4n) is 5.70. The van der Waals surface area contributed by atoms with Crippen LogP contribution in [0.4, 0.5) is 12.0 Å². The lowest BCUT2D eigenvalue weighted by Crippen LogP contribution is -2.36. The van der Waals surface area contributed by atoms with Gasteiger partial charge in [0.05, 0.1) is 43.8 Å². The minimum atomic E-state index is -0.668. The summed E-state index contributed by atoms with van der Waals surface area (Å²) in [5.41, 5.74) is 3.30. The predicted octanol–water partition coefficient (Wildman–Crippen LogP) is 3.06. The Balaban J connectivity index is 1.33. The second-order valence-corrected chi connectivity index (χ2v) is 11.6. The van der Waals surface area contributed by atoms with Crippen LogP contribution in [0.3, 0.4) is 0 Å². The molecule has 4 aromatic rings. The third kappa shape index (κ3) is 5.53. The number of hydrogen-bond donors (Lipinski definition) is 2. The first-order chi connectivity index (χ1) is 19.8. The molecular weight excluding hydrogens is 526 g/mol. The number of ether oxygens (including phenoxy) is 2. The molecule has 6 rings (SSSR count). The lowest BCUT2D eigenvalue weighted by Gasteiger charge is -2.25. The summed E-state index contributed by atoms with van der Waals surface area (Å²) in [5.74, 6) is 1.33. The van der Waals surface area contributed by atoms with Crippen molar-refractivity contribution in [2.45, 2.75) is 70.1 Å². The molecule has 220 valence electrons. The number of nitrogens with one attached hydrogen (secondary N) is 1. The fourth-order valence-corrected chi connectivity index (χ4v) is 5.70. The zero-order valence-electron chi connectivity index (χ0n) is 24.2. The molecule has 0 aromatic carbocycles. The van der Waals surface area contributed by atoms with Crippen LogP contribution in [0.2, 0.25) is 0 Å². The van der Waals surface area contributed by atoms with Crippen molar-refractivity contribution < 1.29 is 19.0 Å². The van der Waals surface area contributed by atoms with Crippen LogP contribution < -0.4 is 10.2 Å². The van der Waals surface area contributed by atoms with E-state index in [0.717, 1.165) is 61.1 Å². The Morgan fingerprint density at radius 2 is 1.93 bits per heavy atom. The molecule has 1 saturated carbocycles. The number of hydrogen-bond acceptors (Lipinski definition) is 11. The monoisotopic (exact) mass is 565 g/mol. The molecule has 0 amide bonds. The maximum absolute atomic E-state index is 10.1. The number of morpholine rings is 1. The number of aromatic nitrogens is 7. The molecular formula is C28H39N9O4. The molecule has 13 nitrogen and oxygen atoms in total. The fraction of sp³-hybridized carbons (Fsp3) is 0.607. The predicted molar refractivity (Wildman–Crippen MR) is 152 cm³/mol. The van der Waals surface area contributed by atoms with Gasteiger partial charge in [-0.2, -0.15) is 5.10 Å². The Kier molecular flexibility index (Phi) is 7.66. The number of nitrogens with zero attached hydrogens (tertiary/aromatic N) is 8. The molecule has 5 heterocycles. The second-order valence-electron chi connectivity index (χ2n) is 11.6. The van der Waals surface area contributed by atoms with Gasteiger partial charge >= 0.3 is 6.01 Å². The van der Waals surface area contributed by atoms with E-state index in [1.807, 2.05) is 53.5 Å². The van der Waals surface area contributed by atoms with Crippen molar-refractivity contribution in [1.82, 2.24) is 34.6 Å². The molecule has 0 bridgehead atoms. The van der Waals surface area contributed by atoms with E-state index in [1.54, 1.807) is 7.11 Å². The Labute approximate surface area is 238 Å². The summed E-state index contributed by atoms with van der Waals surface area (Å²) in [5, 5.41) is 31.7. The number of rotatable bonds is 9. The SMILES string of the molecule is COC[C@H](C)Nc1ncc2c(-c3cnn(C(C)(C)c4nnc(N5CCOCC5)o4)c3)cc(C3CCC(O)CC3)n2n1. The van der Waals surface area contributed by atoms with Gasteiger partial charge in [0, 0.05) is 55.2 Å². The van der Waals surface area contributed by atoms with Gasteiger partial charge in [-0.3, -0.25) is 4.68 Å². The molecule has 1 aliphatic heterocycles. The topological polar surface area (TPSA) is 141 Å². The van der Waals surface area contributed by atoms with Crippen LogP contribution in [-0.4, -0.2) is 91.8 Å². The molecule has 1 saturated heterocycles. The summed E-state index contributed by atoms with van der Waals surface area (Å²) < 4.78 is 20.7. The van der Waals surface area contributed by atoms with Crippen LogP contribution in [-0.2, 0) is 15.0 Å². The zero-order valence-corrected chi connectivity index (χ0v) is 24.2. The summed E-state index contributed by atoms with van der Waals surface area (Å²) in [7, 11) is 1.68. The number of methoxy groups -OCH3 is 1. The Morgan fingerprint density at radius 1 is 1.15 bits per heavy atom. The second kappa shape index (κ2) is 11.4. The largest absolute Gasteiger partial charge is 0.405 e. The normalized spacial score (nSPS) is 21.0. The molecule has 0 unspecified atom stereocenters. The van der Waals surface area contributed by atoms with Gasteiger partial charge in [0.15, 0.2) is 0 Å². The number of anilines is 2. The van der Waals surface area contributed by atoms with E-state index in [2.05, 4.69) is 26.6 Å². The van der Waals surface area contributed by atoms with Crippen LogP contribution in [0.1, 0.15) is 64.0 Å². The summed E-state index contributed by atoms with van der Waals surface area (Å²) >= 11 is 0. The van der Waals surface area contributed by atoms with Crippen molar-refractivity contribution in [3.63, 3.8) is 0 Å². The molecule has 0 spiro atoms. The summed E-state index contributed by atoms with van der Waals surface area (Å²) in [4.78, 5) is 6.67. The van der Waals surface area contributed by atoms with E-state index < -0.39 is 5.54 Å². The van der Waals surface area contributed by atoms with Gasteiger partial charge in [0.25, 0.3) is 0 Å². The lowest BCUT2D eigenvalue weighted by molar-refractivity contribution is 0.120. The average Bonchev–Trinajstić information content (AvgIpc) is 3.73. The van der Waals surface area contributed by atoms with Gasteiger partial charge in [-0.25, -0.2) is 9.50 Å². The van der Waals surface area contributed by atoms with E-state index in [4.69, 9.17) is 24.1 Å². The van der Waals surface area contributed by atoms with Crippen LogP contribution in [0.5, 0.6) is 0 Å². The van der Waals surface area contributed by atoms with Gasteiger partial charge in [-0.05, 0) is 52.5 Å². The zero-order chi connectivity index (χ0) is 28.6. The van der Waals surface area contributed by atoms with Crippen LogP contribution in [0.15, 0.2) is 29.1 Å². The molecule has 1 atom stereocenters. The van der Waals surface area contributed by atoms with Gasteiger partial charge in [-0.15, -0.1) is 10.2 Å². The quantitative estimate of drug-likeness (QED) is 0.309. The molecule has 2 fully saturated rings. The van der Waals surface area contributed by atoms with Gasteiger partial charge in [0.2, 0.25) is 11.8 Å². The minimum absolute atomic E-state index is 0.0645. The first kappa shape index (κ1) is 27.6. The van der Waals surface area contributed by atoms with E-state index in [9.17, 15) is 5.11 Å². The first-order valence-electron chi connectivity index (χ1n) is 14.4. The smallest absolute Gasteiger partial charge is 0.318 e. The number of aliphatic hydroxyl groups is 1. The van der Waals surface area contributed by atoms with Gasteiger partial charge < -0.3 is 29.2 Å². The maximum Gasteiger partial charge on any atom is 0.318 e. The van der Waals surface area contributed by atoms with E-state index in [-0.39, 0.29) is 12.1 Å². The van der Waals surface area contributed by atoms with Crippen LogP contribution in [0.25, 0.3) is 16.6 Å². The molecule has 2 aliphatic rings. The highest BCUT2D eigenvalue weighted by Crippen LogP contribution is 2.38. The highest BCUT2D eigenvalue weighted by molar-refractivity contribution is 5.81. The van der Waals surface area contributed by atoms with Crippen molar-refractivity contribution in [1.29, 1.82) is 0 Å². The Hall–Kier alpha value is -3.55. The maximum atomic E-state index is 10.1. The van der Waals surface area contributed by atoms with E-state index >= 15 is 0 Å². The third-order valence-corrected chi connectivity index (χ3v) is 8.14. The summed E-state index contributed by atoms with van der Waals surface area (Å²) in [6, 6.07) is 2.77. The number of fused-ring (bicyclic) bond motifs is 1. The Morgan fingerprint density at radius 3 is 2.68 bits per heavy atom. The molecule has 0 radical (unpaired) electrons. The summed E-state index contributed by atoms with van der Waals surface area (Å²) in [6.45, 7) is 9.35. The van der Waals surface area contributed by atoms with E-state index in [1.165, 1.54) is 0 Å².